The largest absolute Gasteiger partial charge is 0.372 e. The van der Waals surface area contributed by atoms with Gasteiger partial charge in [-0.2, -0.15) is 11.8 Å². The Morgan fingerprint density at radius 3 is 3.17 bits per heavy atom. The molecule has 0 bridgehead atoms. The number of nitrogens with zero attached hydrogens (tertiary/aromatic N) is 4. The van der Waals surface area contributed by atoms with Crippen molar-refractivity contribution in [2.24, 2.45) is 0 Å². The Hall–Kier alpha value is -1.43. The van der Waals surface area contributed by atoms with Crippen LogP contribution in [0.3, 0.4) is 0 Å². The quantitative estimate of drug-likeness (QED) is 0.893. The molecule has 1 fully saturated rings. The van der Waals surface area contributed by atoms with Crippen LogP contribution in [0.1, 0.15) is 6.92 Å². The van der Waals surface area contributed by atoms with Gasteiger partial charge in [0.25, 0.3) is 0 Å². The summed E-state index contributed by atoms with van der Waals surface area (Å²) in [5.74, 6) is 3.01. The maximum atomic E-state index is 4.67. The molecule has 1 N–H and O–H groups in total. The molecule has 1 aliphatic rings. The van der Waals surface area contributed by atoms with E-state index in [1.807, 2.05) is 41.8 Å². The van der Waals surface area contributed by atoms with Crippen molar-refractivity contribution in [3.8, 4) is 0 Å². The fourth-order valence-electron chi connectivity index (χ4n) is 2.26. The monoisotopic (exact) mass is 263 g/mol. The normalized spacial score (nSPS) is 20.3. The van der Waals surface area contributed by atoms with Crippen molar-refractivity contribution < 1.29 is 0 Å². The van der Waals surface area contributed by atoms with Crippen LogP contribution in [0, 0.1) is 0 Å². The molecule has 1 saturated heterocycles. The van der Waals surface area contributed by atoms with Gasteiger partial charge in [0.1, 0.15) is 5.82 Å². The Morgan fingerprint density at radius 1 is 1.50 bits per heavy atom. The number of imidazole rings is 1. The van der Waals surface area contributed by atoms with Crippen LogP contribution in [0.2, 0.25) is 0 Å². The van der Waals surface area contributed by atoms with Gasteiger partial charge in [-0.3, -0.25) is 0 Å². The van der Waals surface area contributed by atoms with Gasteiger partial charge in [0.2, 0.25) is 0 Å². The molecule has 1 atom stereocenters. The van der Waals surface area contributed by atoms with E-state index in [4.69, 9.17) is 0 Å². The molecule has 0 aromatic carbocycles. The molecule has 5 nitrogen and oxygen atoms in total. The minimum Gasteiger partial charge on any atom is -0.372 e. The van der Waals surface area contributed by atoms with Crippen LogP contribution < -0.4 is 10.2 Å². The summed E-state index contributed by atoms with van der Waals surface area (Å²) in [6.45, 7) is 4.34. The fraction of sp³-hybridized carbons (Fsp3) is 0.500. The smallest absolute Gasteiger partial charge is 0.180 e. The van der Waals surface area contributed by atoms with E-state index in [0.717, 1.165) is 36.1 Å². The average Bonchev–Trinajstić information content (AvgIpc) is 2.85. The van der Waals surface area contributed by atoms with Gasteiger partial charge >= 0.3 is 0 Å². The fourth-order valence-corrected chi connectivity index (χ4v) is 3.27. The van der Waals surface area contributed by atoms with E-state index in [1.54, 1.807) is 0 Å². The van der Waals surface area contributed by atoms with Crippen LogP contribution in [0.5, 0.6) is 0 Å². The first-order chi connectivity index (χ1) is 8.78. The van der Waals surface area contributed by atoms with Crippen molar-refractivity contribution in [3.05, 3.63) is 18.6 Å². The molecule has 6 heteroatoms. The minimum atomic E-state index is 0.647. The number of hydrogen-bond acceptors (Lipinski definition) is 5. The summed E-state index contributed by atoms with van der Waals surface area (Å²) >= 11 is 2.02. The third kappa shape index (κ3) is 2.01. The van der Waals surface area contributed by atoms with Crippen molar-refractivity contribution in [1.82, 2.24) is 14.4 Å². The zero-order chi connectivity index (χ0) is 12.5. The van der Waals surface area contributed by atoms with E-state index in [9.17, 15) is 0 Å². The first-order valence-corrected chi connectivity index (χ1v) is 7.21. The number of aromatic nitrogens is 3. The Balaban J connectivity index is 2.05. The van der Waals surface area contributed by atoms with E-state index < -0.39 is 0 Å². The topological polar surface area (TPSA) is 45.5 Å². The number of hydrogen-bond donors (Lipinski definition) is 1. The van der Waals surface area contributed by atoms with Crippen LogP contribution in [0.4, 0.5) is 11.6 Å². The molecule has 0 spiro atoms. The van der Waals surface area contributed by atoms with Gasteiger partial charge in [0.05, 0.1) is 6.20 Å². The van der Waals surface area contributed by atoms with E-state index in [-0.39, 0.29) is 0 Å². The van der Waals surface area contributed by atoms with E-state index in [1.165, 1.54) is 0 Å². The molecule has 1 unspecified atom stereocenters. The number of fused-ring (bicyclic) bond motifs is 1. The van der Waals surface area contributed by atoms with Crippen LogP contribution in [-0.2, 0) is 0 Å². The Bertz CT molecular complexity index is 552. The molecule has 96 valence electrons. The van der Waals surface area contributed by atoms with Gasteiger partial charge < -0.3 is 14.6 Å². The van der Waals surface area contributed by atoms with Crippen molar-refractivity contribution >= 4 is 29.0 Å². The summed E-state index contributed by atoms with van der Waals surface area (Å²) in [5, 5.41) is 3.76. The second-order valence-corrected chi connectivity index (χ2v) is 6.03. The lowest BCUT2D eigenvalue weighted by atomic mass is 10.3. The lowest BCUT2D eigenvalue weighted by Crippen LogP contribution is -2.37. The van der Waals surface area contributed by atoms with Crippen molar-refractivity contribution in [2.45, 2.75) is 12.2 Å². The van der Waals surface area contributed by atoms with E-state index >= 15 is 0 Å². The molecule has 18 heavy (non-hydrogen) atoms. The average molecular weight is 263 g/mol. The molecule has 2 aromatic rings. The third-order valence-corrected chi connectivity index (χ3v) is 4.29. The highest BCUT2D eigenvalue weighted by atomic mass is 32.2. The summed E-state index contributed by atoms with van der Waals surface area (Å²) in [6, 6.07) is 0. The summed E-state index contributed by atoms with van der Waals surface area (Å²) in [4.78, 5) is 11.4. The van der Waals surface area contributed by atoms with Gasteiger partial charge in [-0.15, -0.1) is 0 Å². The molecule has 0 radical (unpaired) electrons. The maximum absolute atomic E-state index is 4.67. The zero-order valence-corrected chi connectivity index (χ0v) is 11.4. The summed E-state index contributed by atoms with van der Waals surface area (Å²) in [6.07, 6.45) is 5.75. The number of rotatable bonds is 2. The SMILES string of the molecule is CNc1cn2ccnc2c(N2CCSC(C)C2)n1. The van der Waals surface area contributed by atoms with Gasteiger partial charge in [-0.1, -0.05) is 6.92 Å². The molecule has 3 rings (SSSR count). The van der Waals surface area contributed by atoms with Gasteiger partial charge in [-0.05, 0) is 0 Å². The first-order valence-electron chi connectivity index (χ1n) is 6.16. The highest BCUT2D eigenvalue weighted by Gasteiger charge is 2.21. The Labute approximate surface area is 111 Å². The van der Waals surface area contributed by atoms with E-state index in [2.05, 4.69) is 27.1 Å². The number of anilines is 2. The van der Waals surface area contributed by atoms with Crippen LogP contribution in [0.15, 0.2) is 18.6 Å². The van der Waals surface area contributed by atoms with Crippen LogP contribution >= 0.6 is 11.8 Å². The highest BCUT2D eigenvalue weighted by molar-refractivity contribution is 8.00. The van der Waals surface area contributed by atoms with Crippen LogP contribution in [0.25, 0.3) is 5.65 Å². The molecular formula is C12H17N5S. The highest BCUT2D eigenvalue weighted by Crippen LogP contribution is 2.26. The third-order valence-electron chi connectivity index (χ3n) is 3.15. The van der Waals surface area contributed by atoms with Gasteiger partial charge in [0.15, 0.2) is 11.5 Å². The summed E-state index contributed by atoms with van der Waals surface area (Å²) in [5.41, 5.74) is 0.938. The van der Waals surface area contributed by atoms with Crippen molar-refractivity contribution in [2.75, 3.05) is 36.1 Å². The molecular weight excluding hydrogens is 246 g/mol. The van der Waals surface area contributed by atoms with Crippen LogP contribution in [-0.4, -0.2) is 45.5 Å². The predicted octanol–water partition coefficient (Wildman–Crippen LogP) is 1.71. The molecule has 3 heterocycles. The summed E-state index contributed by atoms with van der Waals surface area (Å²) < 4.78 is 2.03. The summed E-state index contributed by atoms with van der Waals surface area (Å²) in [7, 11) is 1.89. The van der Waals surface area contributed by atoms with Gasteiger partial charge in [-0.25, -0.2) is 9.97 Å². The predicted molar refractivity (Wildman–Crippen MR) is 76.7 cm³/mol. The molecule has 0 aliphatic carbocycles. The second-order valence-electron chi connectivity index (χ2n) is 4.49. The second kappa shape index (κ2) is 4.68. The van der Waals surface area contributed by atoms with Crippen molar-refractivity contribution in [3.63, 3.8) is 0 Å². The first kappa shape index (κ1) is 11.6. The molecule has 2 aromatic heterocycles. The van der Waals surface area contributed by atoms with Gasteiger partial charge in [0, 0.05) is 43.5 Å². The minimum absolute atomic E-state index is 0.647. The van der Waals surface area contributed by atoms with E-state index in [0.29, 0.717) is 5.25 Å². The molecule has 1 aliphatic heterocycles. The Kier molecular flexibility index (Phi) is 3.03. The Morgan fingerprint density at radius 2 is 2.39 bits per heavy atom. The van der Waals surface area contributed by atoms with Crippen molar-refractivity contribution in [1.29, 1.82) is 0 Å². The maximum Gasteiger partial charge on any atom is 0.180 e. The lowest BCUT2D eigenvalue weighted by molar-refractivity contribution is 0.770. The zero-order valence-electron chi connectivity index (χ0n) is 10.6. The number of nitrogens with one attached hydrogen (secondary N) is 1. The standard InChI is InChI=1S/C12H17N5S/c1-9-7-17(5-6-18-9)12-11-14-3-4-16(11)8-10(13-2)15-12/h3-4,8-9,13H,5-7H2,1-2H3. The lowest BCUT2D eigenvalue weighted by Gasteiger charge is -2.31. The molecule has 0 amide bonds. The number of thioether (sulfide) groups is 1. The molecule has 0 saturated carbocycles.